The summed E-state index contributed by atoms with van der Waals surface area (Å²) in [6.07, 6.45) is 4.90. The molecule has 0 amide bonds. The van der Waals surface area contributed by atoms with Gasteiger partial charge < -0.3 is 9.64 Å². The van der Waals surface area contributed by atoms with Crippen molar-refractivity contribution >= 4 is 17.4 Å². The number of hydrogen-bond acceptors (Lipinski definition) is 4. The first-order valence-electron chi connectivity index (χ1n) is 7.12. The first-order chi connectivity index (χ1) is 9.24. The summed E-state index contributed by atoms with van der Waals surface area (Å²) in [6, 6.07) is 2.44. The number of hydrogen-bond donors (Lipinski definition) is 0. The monoisotopic (exact) mass is 283 g/mol. The van der Waals surface area contributed by atoms with E-state index in [0.717, 1.165) is 18.8 Å². The zero-order valence-corrected chi connectivity index (χ0v) is 12.5. The second-order valence-corrected chi connectivity index (χ2v) is 5.24. The van der Waals surface area contributed by atoms with E-state index in [1.807, 2.05) is 13.0 Å². The van der Waals surface area contributed by atoms with Gasteiger partial charge in [0.2, 0.25) is 0 Å². The Hall–Kier alpha value is -0.870. The van der Waals surface area contributed by atoms with Crippen LogP contribution in [0.2, 0.25) is 5.15 Å². The van der Waals surface area contributed by atoms with E-state index in [1.54, 1.807) is 0 Å². The molecule has 0 aliphatic carbocycles. The van der Waals surface area contributed by atoms with Gasteiger partial charge in [0.25, 0.3) is 0 Å². The van der Waals surface area contributed by atoms with Crippen LogP contribution in [0.25, 0.3) is 0 Å². The average molecular weight is 284 g/mol. The lowest BCUT2D eigenvalue weighted by Crippen LogP contribution is -2.39. The van der Waals surface area contributed by atoms with E-state index in [9.17, 15) is 0 Å². The summed E-state index contributed by atoms with van der Waals surface area (Å²) in [5.41, 5.74) is 0. The van der Waals surface area contributed by atoms with Crippen LogP contribution in [0.15, 0.2) is 6.07 Å². The van der Waals surface area contributed by atoms with E-state index in [-0.39, 0.29) is 0 Å². The van der Waals surface area contributed by atoms with E-state index in [1.165, 1.54) is 19.3 Å². The molecule has 0 radical (unpaired) electrons. The highest BCUT2D eigenvalue weighted by Gasteiger charge is 2.22. The Balaban J connectivity index is 2.19. The zero-order chi connectivity index (χ0) is 13.7. The maximum absolute atomic E-state index is 6.11. The molecule has 0 N–H and O–H groups in total. The SMILES string of the molecule is CCOCc1nc(Cl)cc(N2CCCCC2CC)n1. The van der Waals surface area contributed by atoms with Crippen LogP contribution >= 0.6 is 11.6 Å². The lowest BCUT2D eigenvalue weighted by molar-refractivity contribution is 0.128. The Morgan fingerprint density at radius 1 is 1.37 bits per heavy atom. The largest absolute Gasteiger partial charge is 0.374 e. The molecule has 0 spiro atoms. The van der Waals surface area contributed by atoms with Crippen LogP contribution < -0.4 is 4.90 Å². The van der Waals surface area contributed by atoms with Gasteiger partial charge in [0.15, 0.2) is 5.82 Å². The molecule has 0 bridgehead atoms. The number of nitrogens with zero attached hydrogens (tertiary/aromatic N) is 3. The van der Waals surface area contributed by atoms with Crippen molar-refractivity contribution in [3.05, 3.63) is 17.0 Å². The Morgan fingerprint density at radius 3 is 2.95 bits per heavy atom. The van der Waals surface area contributed by atoms with E-state index in [0.29, 0.717) is 30.2 Å². The fourth-order valence-corrected chi connectivity index (χ4v) is 2.78. The molecule has 1 unspecified atom stereocenters. The van der Waals surface area contributed by atoms with E-state index < -0.39 is 0 Å². The fourth-order valence-electron chi connectivity index (χ4n) is 2.58. The van der Waals surface area contributed by atoms with Gasteiger partial charge in [0.05, 0.1) is 0 Å². The van der Waals surface area contributed by atoms with Gasteiger partial charge in [-0.1, -0.05) is 18.5 Å². The third kappa shape index (κ3) is 3.80. The maximum Gasteiger partial charge on any atom is 0.158 e. The number of anilines is 1. The minimum Gasteiger partial charge on any atom is -0.374 e. The van der Waals surface area contributed by atoms with Crippen LogP contribution in [0, 0.1) is 0 Å². The first-order valence-corrected chi connectivity index (χ1v) is 7.50. The highest BCUT2D eigenvalue weighted by molar-refractivity contribution is 6.29. The summed E-state index contributed by atoms with van der Waals surface area (Å²) >= 11 is 6.11. The molecule has 1 aromatic rings. The van der Waals surface area contributed by atoms with Crippen LogP contribution in [-0.4, -0.2) is 29.2 Å². The summed E-state index contributed by atoms with van der Waals surface area (Å²) in [5, 5.41) is 0.500. The third-order valence-electron chi connectivity index (χ3n) is 3.56. The molecule has 5 heteroatoms. The second kappa shape index (κ2) is 7.06. The molecular weight excluding hydrogens is 262 g/mol. The molecule has 1 saturated heterocycles. The molecule has 1 aromatic heterocycles. The topological polar surface area (TPSA) is 38.2 Å². The van der Waals surface area contributed by atoms with Gasteiger partial charge in [-0.15, -0.1) is 0 Å². The average Bonchev–Trinajstić information content (AvgIpc) is 2.44. The van der Waals surface area contributed by atoms with E-state index >= 15 is 0 Å². The summed E-state index contributed by atoms with van der Waals surface area (Å²) in [7, 11) is 0. The van der Waals surface area contributed by atoms with Gasteiger partial charge in [0.1, 0.15) is 17.6 Å². The van der Waals surface area contributed by atoms with Crippen molar-refractivity contribution in [2.75, 3.05) is 18.1 Å². The van der Waals surface area contributed by atoms with Crippen molar-refractivity contribution in [3.8, 4) is 0 Å². The maximum atomic E-state index is 6.11. The third-order valence-corrected chi connectivity index (χ3v) is 3.75. The van der Waals surface area contributed by atoms with Crippen molar-refractivity contribution in [2.45, 2.75) is 52.2 Å². The molecule has 1 aliphatic heterocycles. The molecule has 2 rings (SSSR count). The Kier molecular flexibility index (Phi) is 5.40. The summed E-state index contributed by atoms with van der Waals surface area (Å²) in [5.74, 6) is 1.62. The van der Waals surface area contributed by atoms with Crippen molar-refractivity contribution in [2.24, 2.45) is 0 Å². The van der Waals surface area contributed by atoms with Gasteiger partial charge >= 0.3 is 0 Å². The lowest BCUT2D eigenvalue weighted by Gasteiger charge is -2.36. The van der Waals surface area contributed by atoms with Crippen LogP contribution in [0.4, 0.5) is 5.82 Å². The molecule has 0 aromatic carbocycles. The van der Waals surface area contributed by atoms with Crippen LogP contribution in [0.3, 0.4) is 0 Å². The number of ether oxygens (including phenoxy) is 1. The Labute approximate surface area is 120 Å². The molecule has 0 saturated carbocycles. The summed E-state index contributed by atoms with van der Waals surface area (Å²) in [4.78, 5) is 11.2. The van der Waals surface area contributed by atoms with Gasteiger partial charge in [-0.25, -0.2) is 9.97 Å². The second-order valence-electron chi connectivity index (χ2n) is 4.85. The highest BCUT2D eigenvalue weighted by atomic mass is 35.5. The molecular formula is C14H22ClN3O. The number of piperidine rings is 1. The molecule has 4 nitrogen and oxygen atoms in total. The first kappa shape index (κ1) is 14.5. The van der Waals surface area contributed by atoms with Crippen LogP contribution in [0.5, 0.6) is 0 Å². The van der Waals surface area contributed by atoms with Gasteiger partial charge in [-0.2, -0.15) is 0 Å². The van der Waals surface area contributed by atoms with Gasteiger partial charge in [0, 0.05) is 25.3 Å². The smallest absolute Gasteiger partial charge is 0.158 e. The van der Waals surface area contributed by atoms with E-state index in [4.69, 9.17) is 16.3 Å². The molecule has 1 fully saturated rings. The molecule has 19 heavy (non-hydrogen) atoms. The number of rotatable bonds is 5. The van der Waals surface area contributed by atoms with Gasteiger partial charge in [-0.3, -0.25) is 0 Å². The quantitative estimate of drug-likeness (QED) is 0.776. The summed E-state index contributed by atoms with van der Waals surface area (Å²) < 4.78 is 5.37. The van der Waals surface area contributed by atoms with Crippen molar-refractivity contribution in [3.63, 3.8) is 0 Å². The van der Waals surface area contributed by atoms with Crippen LogP contribution in [-0.2, 0) is 11.3 Å². The standard InChI is InChI=1S/C14H22ClN3O/c1-3-11-7-5-6-8-18(11)14-9-12(15)16-13(17-14)10-19-4-2/h9,11H,3-8,10H2,1-2H3. The zero-order valence-electron chi connectivity index (χ0n) is 11.7. The van der Waals surface area contributed by atoms with E-state index in [2.05, 4.69) is 21.8 Å². The molecule has 1 aliphatic rings. The summed E-state index contributed by atoms with van der Waals surface area (Å²) in [6.45, 7) is 6.33. The molecule has 2 heterocycles. The minimum absolute atomic E-state index is 0.425. The van der Waals surface area contributed by atoms with Crippen molar-refractivity contribution in [1.29, 1.82) is 0 Å². The lowest BCUT2D eigenvalue weighted by atomic mass is 10.0. The molecule has 1 atom stereocenters. The van der Waals surface area contributed by atoms with Crippen molar-refractivity contribution in [1.82, 2.24) is 9.97 Å². The Bertz CT molecular complexity index is 414. The van der Waals surface area contributed by atoms with Crippen molar-refractivity contribution < 1.29 is 4.74 Å². The highest BCUT2D eigenvalue weighted by Crippen LogP contribution is 2.26. The van der Waals surface area contributed by atoms with Gasteiger partial charge in [-0.05, 0) is 32.6 Å². The predicted octanol–water partition coefficient (Wildman–Crippen LogP) is 3.44. The Morgan fingerprint density at radius 2 is 2.21 bits per heavy atom. The number of halogens is 1. The fraction of sp³-hybridized carbons (Fsp3) is 0.714. The predicted molar refractivity (Wildman–Crippen MR) is 77.6 cm³/mol. The molecule has 106 valence electrons. The van der Waals surface area contributed by atoms with Crippen LogP contribution in [0.1, 0.15) is 45.4 Å². The normalized spacial score (nSPS) is 19.7. The number of aromatic nitrogens is 2. The minimum atomic E-state index is 0.425.